The van der Waals surface area contributed by atoms with Gasteiger partial charge in [0.1, 0.15) is 0 Å². The minimum atomic E-state index is 0.212. The van der Waals surface area contributed by atoms with Gasteiger partial charge in [0.15, 0.2) is 0 Å². The molecule has 0 bridgehead atoms. The normalized spacial score (nSPS) is 13.2. The van der Waals surface area contributed by atoms with Gasteiger partial charge in [-0.2, -0.15) is 0 Å². The summed E-state index contributed by atoms with van der Waals surface area (Å²) in [6, 6.07) is 0. The summed E-state index contributed by atoms with van der Waals surface area (Å²) in [5.41, 5.74) is 0. The van der Waals surface area contributed by atoms with Crippen molar-refractivity contribution in [1.82, 2.24) is 9.80 Å². The zero-order valence-electron chi connectivity index (χ0n) is 33.8. The molecule has 0 saturated carbocycles. The minimum Gasteiger partial charge on any atom is -0.379 e. The Morgan fingerprint density at radius 3 is 1.35 bits per heavy atom. The van der Waals surface area contributed by atoms with Gasteiger partial charge in [-0.05, 0) is 105 Å². The Morgan fingerprint density at radius 1 is 0.449 bits per heavy atom. The van der Waals surface area contributed by atoms with E-state index in [1.54, 1.807) is 0 Å². The van der Waals surface area contributed by atoms with Gasteiger partial charge in [-0.25, -0.2) is 0 Å². The predicted molar refractivity (Wildman–Crippen MR) is 220 cm³/mol. The van der Waals surface area contributed by atoms with Gasteiger partial charge >= 0.3 is 0 Å². The molecular weight excluding hydrogens is 601 g/mol. The molecule has 1 atom stereocenters. The van der Waals surface area contributed by atoms with Crippen LogP contribution in [0.25, 0.3) is 0 Å². The average Bonchev–Trinajstić information content (AvgIpc) is 3.10. The number of hydrogen-bond acceptors (Lipinski definition) is 4. The first-order chi connectivity index (χ1) is 24.1. The maximum absolute atomic E-state index is 6.38. The zero-order valence-corrected chi connectivity index (χ0v) is 33.8. The van der Waals surface area contributed by atoms with Crippen LogP contribution < -0.4 is 0 Å². The van der Waals surface area contributed by atoms with E-state index in [1.807, 2.05) is 0 Å². The fourth-order valence-corrected chi connectivity index (χ4v) is 5.81. The molecule has 0 aliphatic heterocycles. The Labute approximate surface area is 308 Å². The van der Waals surface area contributed by atoms with Gasteiger partial charge in [0.2, 0.25) is 0 Å². The molecule has 0 N–H and O–H groups in total. The molecule has 0 aromatic rings. The van der Waals surface area contributed by atoms with Crippen LogP contribution in [0.5, 0.6) is 0 Å². The fourth-order valence-electron chi connectivity index (χ4n) is 5.81. The lowest BCUT2D eigenvalue weighted by Crippen LogP contribution is -2.32. The van der Waals surface area contributed by atoms with E-state index in [-0.39, 0.29) is 6.10 Å². The van der Waals surface area contributed by atoms with Crippen molar-refractivity contribution < 1.29 is 9.47 Å². The van der Waals surface area contributed by atoms with Crippen LogP contribution in [-0.4, -0.2) is 76.5 Å². The van der Waals surface area contributed by atoms with Crippen molar-refractivity contribution in [3.05, 3.63) is 48.6 Å². The molecule has 49 heavy (non-hydrogen) atoms. The van der Waals surface area contributed by atoms with E-state index in [4.69, 9.17) is 9.47 Å². The summed E-state index contributed by atoms with van der Waals surface area (Å²) < 4.78 is 12.5. The second-order valence-corrected chi connectivity index (χ2v) is 14.6. The van der Waals surface area contributed by atoms with Crippen LogP contribution in [0.3, 0.4) is 0 Å². The van der Waals surface area contributed by atoms with Crippen molar-refractivity contribution in [2.75, 3.05) is 60.6 Å². The molecule has 0 rings (SSSR count). The highest BCUT2D eigenvalue weighted by Crippen LogP contribution is 2.11. The lowest BCUT2D eigenvalue weighted by molar-refractivity contribution is -0.0255. The molecule has 0 amide bonds. The van der Waals surface area contributed by atoms with E-state index in [0.29, 0.717) is 0 Å². The molecule has 0 aliphatic carbocycles. The van der Waals surface area contributed by atoms with E-state index in [0.717, 1.165) is 58.7 Å². The highest BCUT2D eigenvalue weighted by atomic mass is 16.5. The van der Waals surface area contributed by atoms with E-state index < -0.39 is 0 Å². The molecule has 0 spiro atoms. The molecule has 4 nitrogen and oxygen atoms in total. The first-order valence-corrected chi connectivity index (χ1v) is 21.2. The van der Waals surface area contributed by atoms with Crippen molar-refractivity contribution >= 4 is 0 Å². The summed E-state index contributed by atoms with van der Waals surface area (Å²) >= 11 is 0. The summed E-state index contributed by atoms with van der Waals surface area (Å²) in [4.78, 5) is 4.69. The van der Waals surface area contributed by atoms with E-state index in [9.17, 15) is 0 Å². The predicted octanol–water partition coefficient (Wildman–Crippen LogP) is 12.9. The third-order valence-corrected chi connectivity index (χ3v) is 9.25. The Balaban J connectivity index is 3.94. The smallest absolute Gasteiger partial charge is 0.0820 e. The zero-order chi connectivity index (χ0) is 35.7. The maximum Gasteiger partial charge on any atom is 0.0820 e. The largest absolute Gasteiger partial charge is 0.379 e. The summed E-state index contributed by atoms with van der Waals surface area (Å²) in [7, 11) is 6.52. The van der Waals surface area contributed by atoms with Gasteiger partial charge in [-0.3, -0.25) is 0 Å². The molecule has 0 aliphatic rings. The maximum atomic E-state index is 6.38. The Kier molecular flexibility index (Phi) is 40.2. The lowest BCUT2D eigenvalue weighted by Gasteiger charge is -2.23. The summed E-state index contributed by atoms with van der Waals surface area (Å²) in [5.74, 6) is 0. The van der Waals surface area contributed by atoms with Crippen LogP contribution in [-0.2, 0) is 9.47 Å². The van der Waals surface area contributed by atoms with Crippen molar-refractivity contribution in [2.24, 2.45) is 0 Å². The Hall–Kier alpha value is -1.20. The van der Waals surface area contributed by atoms with E-state index in [2.05, 4.69) is 93.4 Å². The van der Waals surface area contributed by atoms with Gasteiger partial charge in [-0.1, -0.05) is 140 Å². The number of allylic oxidation sites excluding steroid dienone is 8. The number of unbranched alkanes of at least 4 members (excludes halogenated alkanes) is 18. The van der Waals surface area contributed by atoms with Crippen molar-refractivity contribution in [3.63, 3.8) is 0 Å². The molecule has 0 aromatic carbocycles. The highest BCUT2D eigenvalue weighted by Gasteiger charge is 2.11. The minimum absolute atomic E-state index is 0.212. The second kappa shape index (κ2) is 41.2. The van der Waals surface area contributed by atoms with Crippen LogP contribution in [0, 0.1) is 0 Å². The topological polar surface area (TPSA) is 24.9 Å². The van der Waals surface area contributed by atoms with Gasteiger partial charge < -0.3 is 19.3 Å². The number of nitrogens with zero attached hydrogens (tertiary/aromatic N) is 2. The van der Waals surface area contributed by atoms with Gasteiger partial charge in [0.05, 0.1) is 12.7 Å². The summed E-state index contributed by atoms with van der Waals surface area (Å²) in [5, 5.41) is 0. The van der Waals surface area contributed by atoms with Crippen LogP contribution in [0.2, 0.25) is 0 Å². The molecule has 288 valence electrons. The monoisotopic (exact) mass is 687 g/mol. The molecule has 0 saturated heterocycles. The SMILES string of the molecule is CCCCC/C=C/C/C=C/CCCCCCCCOCC(CCN(C)CCN(C)C)OCCCCCCCC/C=C/C/C=C/CCCCC. The quantitative estimate of drug-likeness (QED) is 0.0475. The van der Waals surface area contributed by atoms with Gasteiger partial charge in [0.25, 0.3) is 0 Å². The molecule has 0 radical (unpaired) electrons. The average molecular weight is 687 g/mol. The molecule has 1 unspecified atom stereocenters. The van der Waals surface area contributed by atoms with Crippen LogP contribution in [0.15, 0.2) is 48.6 Å². The van der Waals surface area contributed by atoms with Crippen molar-refractivity contribution in [3.8, 4) is 0 Å². The first-order valence-electron chi connectivity index (χ1n) is 21.2. The first kappa shape index (κ1) is 47.8. The fraction of sp³-hybridized carbons (Fsp3) is 0.822. The lowest BCUT2D eigenvalue weighted by atomic mass is 10.1. The molecule has 0 heterocycles. The summed E-state index contributed by atoms with van der Waals surface area (Å²) in [6.07, 6.45) is 50.8. The second-order valence-electron chi connectivity index (χ2n) is 14.6. The van der Waals surface area contributed by atoms with Crippen molar-refractivity contribution in [1.29, 1.82) is 0 Å². The third-order valence-electron chi connectivity index (χ3n) is 9.25. The third kappa shape index (κ3) is 41.1. The molecule has 0 fully saturated rings. The molecular formula is C45H86N2O2. The highest BCUT2D eigenvalue weighted by molar-refractivity contribution is 4.93. The van der Waals surface area contributed by atoms with Crippen LogP contribution in [0.1, 0.15) is 174 Å². The van der Waals surface area contributed by atoms with Crippen molar-refractivity contribution in [2.45, 2.75) is 180 Å². The van der Waals surface area contributed by atoms with Crippen LogP contribution >= 0.6 is 0 Å². The summed E-state index contributed by atoms with van der Waals surface area (Å²) in [6.45, 7) is 10.3. The number of hydrogen-bond donors (Lipinski definition) is 0. The number of likely N-dealkylation sites (N-methyl/N-ethyl adjacent to an activating group) is 2. The molecule has 0 aromatic heterocycles. The Bertz CT molecular complexity index is 744. The van der Waals surface area contributed by atoms with Crippen LogP contribution in [0.4, 0.5) is 0 Å². The van der Waals surface area contributed by atoms with Gasteiger partial charge in [-0.15, -0.1) is 0 Å². The molecule has 4 heteroatoms. The van der Waals surface area contributed by atoms with Gasteiger partial charge in [0, 0.05) is 32.8 Å². The van der Waals surface area contributed by atoms with E-state index in [1.165, 1.54) is 141 Å². The standard InChI is InChI=1S/C45H86N2O2/c1-6-8-10-12-14-16-18-20-22-24-26-28-30-32-34-36-42-48-44-45(38-39-47(5)41-40-46(3)4)49-43-37-35-33-31-29-27-25-23-21-19-17-15-13-11-9-7-2/h14-17,20-23,45H,6-13,18-19,24-44H2,1-5H3/b16-14+,17-15+,22-20+,23-21+. The number of rotatable bonds is 39. The number of ether oxygens (including phenoxy) is 2. The Morgan fingerprint density at radius 2 is 0.878 bits per heavy atom. The van der Waals surface area contributed by atoms with E-state index >= 15 is 0 Å².